The number of aryl methyl sites for hydroxylation is 1. The number of halogens is 2. The molecule has 8 nitrogen and oxygen atoms in total. The Morgan fingerprint density at radius 1 is 1.13 bits per heavy atom. The van der Waals surface area contributed by atoms with Crippen molar-refractivity contribution in [1.29, 1.82) is 0 Å². The van der Waals surface area contributed by atoms with E-state index < -0.39 is 26.7 Å². The minimum atomic E-state index is -3.89. The second-order valence-corrected chi connectivity index (χ2v) is 12.4. The molecule has 1 aliphatic carbocycles. The molecule has 6 rings (SSSR count). The average Bonchev–Trinajstić information content (AvgIpc) is 3.71. The van der Waals surface area contributed by atoms with Crippen LogP contribution < -0.4 is 10.3 Å². The maximum atomic E-state index is 13.8. The van der Waals surface area contributed by atoms with Gasteiger partial charge in [-0.05, 0) is 61.7 Å². The number of nitrogens with zero attached hydrogens (tertiary/aromatic N) is 2. The third kappa shape index (κ3) is 4.60. The zero-order valence-electron chi connectivity index (χ0n) is 20.7. The first-order valence-electron chi connectivity index (χ1n) is 12.2. The maximum Gasteiger partial charge on any atom is 0.282 e. The number of hydrogen-bond donors (Lipinski definition) is 2. The summed E-state index contributed by atoms with van der Waals surface area (Å²) >= 11 is 13.1. The first kappa shape index (κ1) is 25.6. The number of benzene rings is 2. The summed E-state index contributed by atoms with van der Waals surface area (Å²) in [4.78, 5) is 34.0. The number of nitrogens with one attached hydrogen (secondary N) is 2. The SMILES string of the molecule is Cc1cc2c(-c3ccc[nH]c3=O)c(C(=O)NS(=O)(=O)C3CC3)n(Cc3cc4ccccc4nc3Cl)c2cc1Cl. The van der Waals surface area contributed by atoms with Crippen LogP contribution in [0.15, 0.2) is 65.6 Å². The second kappa shape index (κ2) is 9.51. The molecule has 0 radical (unpaired) electrons. The van der Waals surface area contributed by atoms with Crippen LogP contribution in [0.5, 0.6) is 0 Å². The van der Waals surface area contributed by atoms with E-state index >= 15 is 0 Å². The molecular weight excluding hydrogens is 559 g/mol. The van der Waals surface area contributed by atoms with Crippen LogP contribution in [0.4, 0.5) is 0 Å². The van der Waals surface area contributed by atoms with Gasteiger partial charge in [-0.25, -0.2) is 18.1 Å². The largest absolute Gasteiger partial charge is 0.331 e. The highest BCUT2D eigenvalue weighted by Gasteiger charge is 2.38. The molecule has 11 heteroatoms. The number of pyridine rings is 2. The minimum absolute atomic E-state index is 0.0109. The van der Waals surface area contributed by atoms with Crippen molar-refractivity contribution in [2.24, 2.45) is 0 Å². The van der Waals surface area contributed by atoms with Crippen molar-refractivity contribution in [2.45, 2.75) is 31.6 Å². The molecule has 0 bridgehead atoms. The topological polar surface area (TPSA) is 114 Å². The monoisotopic (exact) mass is 580 g/mol. The third-order valence-electron chi connectivity index (χ3n) is 6.92. The number of aromatic amines is 1. The van der Waals surface area contributed by atoms with E-state index in [1.54, 1.807) is 28.8 Å². The Balaban J connectivity index is 1.65. The van der Waals surface area contributed by atoms with E-state index in [2.05, 4.69) is 14.7 Å². The van der Waals surface area contributed by atoms with E-state index in [0.29, 0.717) is 45.4 Å². The fourth-order valence-electron chi connectivity index (χ4n) is 4.83. The number of amides is 1. The highest BCUT2D eigenvalue weighted by molar-refractivity contribution is 7.91. The molecule has 1 aliphatic rings. The van der Waals surface area contributed by atoms with Crippen LogP contribution in [-0.2, 0) is 16.6 Å². The number of carbonyl (C=O) groups excluding carboxylic acids is 1. The van der Waals surface area contributed by atoms with Crippen molar-refractivity contribution in [3.63, 3.8) is 0 Å². The normalized spacial score (nSPS) is 13.7. The molecule has 5 aromatic rings. The number of fused-ring (bicyclic) bond motifs is 2. The minimum Gasteiger partial charge on any atom is -0.331 e. The van der Waals surface area contributed by atoms with Crippen LogP contribution in [0.2, 0.25) is 10.2 Å². The lowest BCUT2D eigenvalue weighted by Crippen LogP contribution is -2.35. The summed E-state index contributed by atoms with van der Waals surface area (Å²) < 4.78 is 29.5. The lowest BCUT2D eigenvalue weighted by molar-refractivity contribution is 0.0974. The molecule has 198 valence electrons. The fraction of sp³-hybridized carbons (Fsp3) is 0.179. The Bertz CT molecular complexity index is 1980. The molecular formula is C28H22Cl2N4O4S. The first-order chi connectivity index (χ1) is 18.6. The quantitative estimate of drug-likeness (QED) is 0.260. The summed E-state index contributed by atoms with van der Waals surface area (Å²) in [5, 5.41) is 1.51. The Kier molecular flexibility index (Phi) is 6.25. The summed E-state index contributed by atoms with van der Waals surface area (Å²) in [6, 6.07) is 16.1. The zero-order chi connectivity index (χ0) is 27.5. The Morgan fingerprint density at radius 2 is 1.90 bits per heavy atom. The van der Waals surface area contributed by atoms with Crippen molar-refractivity contribution < 1.29 is 13.2 Å². The first-order valence-corrected chi connectivity index (χ1v) is 14.5. The van der Waals surface area contributed by atoms with Crippen LogP contribution in [0.3, 0.4) is 0 Å². The number of H-pyrrole nitrogens is 1. The highest BCUT2D eigenvalue weighted by atomic mass is 35.5. The third-order valence-corrected chi connectivity index (χ3v) is 9.48. The highest BCUT2D eigenvalue weighted by Crippen LogP contribution is 2.38. The van der Waals surface area contributed by atoms with Crippen LogP contribution in [0.1, 0.15) is 34.5 Å². The van der Waals surface area contributed by atoms with Gasteiger partial charge in [0, 0.05) is 38.7 Å². The van der Waals surface area contributed by atoms with Gasteiger partial charge in [-0.3, -0.25) is 9.59 Å². The van der Waals surface area contributed by atoms with Gasteiger partial charge in [0.05, 0.1) is 22.8 Å². The molecule has 2 N–H and O–H groups in total. The molecule has 1 saturated carbocycles. The smallest absolute Gasteiger partial charge is 0.282 e. The fourth-order valence-corrected chi connectivity index (χ4v) is 6.47. The standard InChI is InChI=1S/C28H22Cl2N4O4S/c1-15-11-20-23(13-21(15)29)34(14-17-12-16-5-2-3-7-22(16)32-26(17)30)25(24(20)19-6-4-10-31-27(19)35)28(36)33-39(37,38)18-8-9-18/h2-7,10-13,18H,8-9,14H2,1H3,(H,31,35)(H,33,36). The van der Waals surface area contributed by atoms with Gasteiger partial charge in [0.1, 0.15) is 10.8 Å². The Labute approximate surface area is 233 Å². The number of aromatic nitrogens is 3. The summed E-state index contributed by atoms with van der Waals surface area (Å²) in [5.41, 5.74) is 2.72. The molecule has 0 atom stereocenters. The molecule has 39 heavy (non-hydrogen) atoms. The van der Waals surface area contributed by atoms with E-state index in [9.17, 15) is 18.0 Å². The van der Waals surface area contributed by atoms with Gasteiger partial charge in [0.2, 0.25) is 10.0 Å². The Hall–Kier alpha value is -3.66. The predicted octanol–water partition coefficient (Wildman–Crippen LogP) is 5.43. The number of carbonyl (C=O) groups is 1. The second-order valence-electron chi connectivity index (χ2n) is 9.65. The molecule has 1 amide bonds. The van der Waals surface area contributed by atoms with E-state index in [1.165, 1.54) is 6.20 Å². The van der Waals surface area contributed by atoms with Crippen LogP contribution >= 0.6 is 23.2 Å². The van der Waals surface area contributed by atoms with Gasteiger partial charge in [0.15, 0.2) is 0 Å². The average molecular weight is 581 g/mol. The molecule has 2 aromatic carbocycles. The van der Waals surface area contributed by atoms with Crippen molar-refractivity contribution in [1.82, 2.24) is 19.3 Å². The summed E-state index contributed by atoms with van der Waals surface area (Å²) in [6.07, 6.45) is 2.47. The van der Waals surface area contributed by atoms with Gasteiger partial charge in [-0.1, -0.05) is 41.4 Å². The molecule has 1 fully saturated rings. The number of hydrogen-bond acceptors (Lipinski definition) is 5. The van der Waals surface area contributed by atoms with Crippen LogP contribution in [0, 0.1) is 6.92 Å². The van der Waals surface area contributed by atoms with Crippen molar-refractivity contribution in [3.8, 4) is 11.1 Å². The van der Waals surface area contributed by atoms with Crippen molar-refractivity contribution in [3.05, 3.63) is 98.1 Å². The van der Waals surface area contributed by atoms with Gasteiger partial charge in [0.25, 0.3) is 11.5 Å². The maximum absolute atomic E-state index is 13.8. The predicted molar refractivity (Wildman–Crippen MR) is 153 cm³/mol. The molecule has 0 saturated heterocycles. The van der Waals surface area contributed by atoms with E-state index in [-0.39, 0.29) is 23.0 Å². The van der Waals surface area contributed by atoms with Gasteiger partial charge in [-0.15, -0.1) is 0 Å². The van der Waals surface area contributed by atoms with Crippen molar-refractivity contribution in [2.75, 3.05) is 0 Å². The molecule has 3 aromatic heterocycles. The summed E-state index contributed by atoms with van der Waals surface area (Å²) in [5.74, 6) is -0.838. The summed E-state index contributed by atoms with van der Waals surface area (Å²) in [7, 11) is -3.89. The number of rotatable bonds is 6. The lowest BCUT2D eigenvalue weighted by atomic mass is 10.0. The van der Waals surface area contributed by atoms with Crippen molar-refractivity contribution >= 4 is 60.9 Å². The van der Waals surface area contributed by atoms with E-state index in [0.717, 1.165) is 10.9 Å². The molecule has 0 spiro atoms. The van der Waals surface area contributed by atoms with Gasteiger partial charge in [-0.2, -0.15) is 0 Å². The van der Waals surface area contributed by atoms with Crippen LogP contribution in [-0.4, -0.2) is 34.1 Å². The van der Waals surface area contributed by atoms with E-state index in [4.69, 9.17) is 23.2 Å². The molecule has 3 heterocycles. The van der Waals surface area contributed by atoms with E-state index in [1.807, 2.05) is 37.3 Å². The zero-order valence-corrected chi connectivity index (χ0v) is 23.0. The lowest BCUT2D eigenvalue weighted by Gasteiger charge is -2.14. The van der Waals surface area contributed by atoms with Crippen LogP contribution in [0.25, 0.3) is 32.9 Å². The van der Waals surface area contributed by atoms with Gasteiger partial charge < -0.3 is 9.55 Å². The Morgan fingerprint density at radius 3 is 2.64 bits per heavy atom. The number of sulfonamides is 1. The number of para-hydroxylation sites is 1. The molecule has 0 aliphatic heterocycles. The summed E-state index contributed by atoms with van der Waals surface area (Å²) in [6.45, 7) is 1.89. The van der Waals surface area contributed by atoms with Gasteiger partial charge >= 0.3 is 0 Å². The molecule has 0 unspecified atom stereocenters.